The second-order valence-corrected chi connectivity index (χ2v) is 6.89. The van der Waals surface area contributed by atoms with E-state index in [4.69, 9.17) is 5.11 Å². The van der Waals surface area contributed by atoms with E-state index in [9.17, 15) is 13.2 Å². The molecule has 0 aliphatic carbocycles. The summed E-state index contributed by atoms with van der Waals surface area (Å²) in [6, 6.07) is 6.49. The van der Waals surface area contributed by atoms with Gasteiger partial charge in [0.1, 0.15) is 0 Å². The van der Waals surface area contributed by atoms with Crippen LogP contribution in [0.3, 0.4) is 0 Å². The standard InChI is InChI=1S/C12H16BrNO4S/c1-3-14(8-9(2)12(15)16)19(17,18)11-7-5-4-6-10(11)13/h4-7,9H,3,8H2,1-2H3,(H,15,16). The zero-order valence-corrected chi connectivity index (χ0v) is 13.1. The molecule has 1 aromatic rings. The molecule has 106 valence electrons. The number of carboxylic acids is 1. The maximum absolute atomic E-state index is 12.4. The first-order valence-electron chi connectivity index (χ1n) is 5.78. The van der Waals surface area contributed by atoms with Crippen molar-refractivity contribution < 1.29 is 18.3 Å². The number of aliphatic carboxylic acids is 1. The molecule has 1 aromatic carbocycles. The first-order chi connectivity index (χ1) is 8.80. The molecule has 5 nitrogen and oxygen atoms in total. The highest BCUT2D eigenvalue weighted by atomic mass is 79.9. The Balaban J connectivity index is 3.10. The van der Waals surface area contributed by atoms with Crippen molar-refractivity contribution in [2.75, 3.05) is 13.1 Å². The first-order valence-corrected chi connectivity index (χ1v) is 8.01. The van der Waals surface area contributed by atoms with Crippen LogP contribution in [0, 0.1) is 5.92 Å². The fraction of sp³-hybridized carbons (Fsp3) is 0.417. The molecular weight excluding hydrogens is 334 g/mol. The van der Waals surface area contributed by atoms with Crippen molar-refractivity contribution >= 4 is 31.9 Å². The van der Waals surface area contributed by atoms with Gasteiger partial charge in [0.2, 0.25) is 10.0 Å². The Morgan fingerprint density at radius 3 is 2.47 bits per heavy atom. The van der Waals surface area contributed by atoms with E-state index in [2.05, 4.69) is 15.9 Å². The highest BCUT2D eigenvalue weighted by Gasteiger charge is 2.28. The molecule has 0 heterocycles. The van der Waals surface area contributed by atoms with Crippen molar-refractivity contribution in [1.82, 2.24) is 4.31 Å². The lowest BCUT2D eigenvalue weighted by molar-refractivity contribution is -0.141. The number of nitrogens with zero attached hydrogens (tertiary/aromatic N) is 1. The predicted octanol–water partition coefficient (Wildman–Crippen LogP) is 2.18. The number of benzene rings is 1. The highest BCUT2D eigenvalue weighted by Crippen LogP contribution is 2.25. The third-order valence-corrected chi connectivity index (χ3v) is 5.66. The zero-order chi connectivity index (χ0) is 14.6. The average Bonchev–Trinajstić information content (AvgIpc) is 2.35. The molecule has 0 radical (unpaired) electrons. The average molecular weight is 350 g/mol. The van der Waals surface area contributed by atoms with Crippen LogP contribution in [-0.2, 0) is 14.8 Å². The summed E-state index contributed by atoms with van der Waals surface area (Å²) in [5.41, 5.74) is 0. The molecule has 1 atom stereocenters. The van der Waals surface area contributed by atoms with Crippen LogP contribution in [0.15, 0.2) is 33.6 Å². The van der Waals surface area contributed by atoms with Gasteiger partial charge in [0.15, 0.2) is 0 Å². The van der Waals surface area contributed by atoms with Gasteiger partial charge in [-0.15, -0.1) is 0 Å². The Bertz CT molecular complexity index is 559. The smallest absolute Gasteiger partial charge is 0.307 e. The number of sulfonamides is 1. The summed E-state index contributed by atoms with van der Waals surface area (Å²) in [7, 11) is -3.69. The fourth-order valence-corrected chi connectivity index (χ4v) is 4.08. The molecule has 0 saturated heterocycles. The maximum atomic E-state index is 12.4. The van der Waals surface area contributed by atoms with E-state index in [-0.39, 0.29) is 18.0 Å². The highest BCUT2D eigenvalue weighted by molar-refractivity contribution is 9.10. The lowest BCUT2D eigenvalue weighted by Crippen LogP contribution is -2.36. The van der Waals surface area contributed by atoms with Gasteiger partial charge in [0.25, 0.3) is 0 Å². The molecule has 0 aromatic heterocycles. The van der Waals surface area contributed by atoms with E-state index >= 15 is 0 Å². The lowest BCUT2D eigenvalue weighted by atomic mass is 10.2. The minimum absolute atomic E-state index is 0.0461. The van der Waals surface area contributed by atoms with Crippen molar-refractivity contribution in [3.63, 3.8) is 0 Å². The monoisotopic (exact) mass is 349 g/mol. The summed E-state index contributed by atoms with van der Waals surface area (Å²) in [5, 5.41) is 8.89. The molecule has 1 unspecified atom stereocenters. The van der Waals surface area contributed by atoms with Gasteiger partial charge in [-0.25, -0.2) is 8.42 Å². The summed E-state index contributed by atoms with van der Waals surface area (Å²) in [4.78, 5) is 11.0. The van der Waals surface area contributed by atoms with Crippen LogP contribution in [-0.4, -0.2) is 36.9 Å². The SMILES string of the molecule is CCN(CC(C)C(=O)O)S(=O)(=O)c1ccccc1Br. The van der Waals surface area contributed by atoms with E-state index in [1.165, 1.54) is 17.3 Å². The summed E-state index contributed by atoms with van der Waals surface area (Å²) in [6.07, 6.45) is 0. The molecule has 0 spiro atoms. The molecule has 1 N–H and O–H groups in total. The first kappa shape index (κ1) is 16.1. The zero-order valence-electron chi connectivity index (χ0n) is 10.7. The lowest BCUT2D eigenvalue weighted by Gasteiger charge is -2.22. The van der Waals surface area contributed by atoms with Crippen LogP contribution < -0.4 is 0 Å². The van der Waals surface area contributed by atoms with Gasteiger partial charge in [0, 0.05) is 17.6 Å². The Kier molecular flexibility index (Phi) is 5.51. The number of hydrogen-bond acceptors (Lipinski definition) is 3. The second-order valence-electron chi connectivity index (χ2n) is 4.13. The molecule has 0 amide bonds. The number of carbonyl (C=O) groups is 1. The summed E-state index contributed by atoms with van der Waals surface area (Å²) in [5.74, 6) is -1.77. The Hall–Kier alpha value is -0.920. The summed E-state index contributed by atoms with van der Waals surface area (Å²) < 4.78 is 26.5. The molecule has 7 heteroatoms. The third kappa shape index (κ3) is 3.77. The number of halogens is 1. The molecule has 0 fully saturated rings. The van der Waals surface area contributed by atoms with Gasteiger partial charge in [-0.2, -0.15) is 4.31 Å². The Morgan fingerprint density at radius 2 is 2.00 bits per heavy atom. The van der Waals surface area contributed by atoms with Gasteiger partial charge in [-0.1, -0.05) is 26.0 Å². The van der Waals surface area contributed by atoms with Crippen LogP contribution >= 0.6 is 15.9 Å². The van der Waals surface area contributed by atoms with Crippen molar-refractivity contribution in [1.29, 1.82) is 0 Å². The van der Waals surface area contributed by atoms with Gasteiger partial charge in [0.05, 0.1) is 10.8 Å². The maximum Gasteiger partial charge on any atom is 0.307 e. The summed E-state index contributed by atoms with van der Waals surface area (Å²) >= 11 is 3.20. The third-order valence-electron chi connectivity index (χ3n) is 2.71. The van der Waals surface area contributed by atoms with Gasteiger partial charge < -0.3 is 5.11 Å². The van der Waals surface area contributed by atoms with E-state index in [0.29, 0.717) is 4.47 Å². The minimum atomic E-state index is -3.69. The van der Waals surface area contributed by atoms with E-state index < -0.39 is 21.9 Å². The van der Waals surface area contributed by atoms with E-state index in [0.717, 1.165) is 0 Å². The van der Waals surface area contributed by atoms with Crippen LogP contribution in [0.25, 0.3) is 0 Å². The van der Waals surface area contributed by atoms with E-state index in [1.807, 2.05) is 0 Å². The van der Waals surface area contributed by atoms with Crippen LogP contribution in [0.5, 0.6) is 0 Å². The molecule has 0 aliphatic rings. The fourth-order valence-electron chi connectivity index (χ4n) is 1.57. The van der Waals surface area contributed by atoms with Crippen LogP contribution in [0.2, 0.25) is 0 Å². The van der Waals surface area contributed by atoms with Crippen molar-refractivity contribution in [2.45, 2.75) is 18.7 Å². The molecule has 1 rings (SSSR count). The van der Waals surface area contributed by atoms with Gasteiger partial charge >= 0.3 is 5.97 Å². The molecule has 0 bridgehead atoms. The molecular formula is C12H16BrNO4S. The largest absolute Gasteiger partial charge is 0.481 e. The number of rotatable bonds is 6. The minimum Gasteiger partial charge on any atom is -0.481 e. The van der Waals surface area contributed by atoms with Gasteiger partial charge in [-0.05, 0) is 28.1 Å². The van der Waals surface area contributed by atoms with Crippen LogP contribution in [0.1, 0.15) is 13.8 Å². The van der Waals surface area contributed by atoms with Crippen molar-refractivity contribution in [3.05, 3.63) is 28.7 Å². The molecule has 19 heavy (non-hydrogen) atoms. The van der Waals surface area contributed by atoms with Crippen LogP contribution in [0.4, 0.5) is 0 Å². The molecule has 0 aliphatic heterocycles. The quantitative estimate of drug-likeness (QED) is 0.853. The Morgan fingerprint density at radius 1 is 1.42 bits per heavy atom. The normalized spacial score (nSPS) is 13.5. The number of carboxylic acid groups (broad SMARTS) is 1. The topological polar surface area (TPSA) is 74.7 Å². The van der Waals surface area contributed by atoms with Crippen molar-refractivity contribution in [3.8, 4) is 0 Å². The number of hydrogen-bond donors (Lipinski definition) is 1. The van der Waals surface area contributed by atoms with Crippen molar-refractivity contribution in [2.24, 2.45) is 5.92 Å². The molecule has 0 saturated carbocycles. The summed E-state index contributed by atoms with van der Waals surface area (Å²) in [6.45, 7) is 3.35. The van der Waals surface area contributed by atoms with E-state index in [1.54, 1.807) is 25.1 Å². The second kappa shape index (κ2) is 6.49. The predicted molar refractivity (Wildman–Crippen MR) is 75.4 cm³/mol. The van der Waals surface area contributed by atoms with Gasteiger partial charge in [-0.3, -0.25) is 4.79 Å². The Labute approximate surface area is 121 Å².